The molecule has 1 fully saturated rings. The summed E-state index contributed by atoms with van der Waals surface area (Å²) < 4.78 is 15.2. The fourth-order valence-corrected chi connectivity index (χ4v) is 4.32. The molecule has 0 amide bonds. The maximum Gasteiger partial charge on any atom is 0.173 e. The van der Waals surface area contributed by atoms with Gasteiger partial charge in [-0.05, 0) is 45.8 Å². The van der Waals surface area contributed by atoms with E-state index in [0.717, 1.165) is 43.1 Å². The molecule has 0 saturated carbocycles. The molecule has 5 rings (SSSR count). The van der Waals surface area contributed by atoms with E-state index in [-0.39, 0.29) is 11.9 Å². The standard InChI is InChI=1S/C25H25FN6/c26-22-13-11-20(12-14-22)19-32-25(27-28-29-32)24(21-7-3-1-4-8-21)31-17-15-30(16-18-31)23-9-5-2-6-10-23/h1-14,24H,15-19H2/t24-/m0/s1. The van der Waals surface area contributed by atoms with E-state index in [1.165, 1.54) is 17.8 Å². The van der Waals surface area contributed by atoms with E-state index in [1.807, 2.05) is 16.8 Å². The molecule has 6 nitrogen and oxygen atoms in total. The molecule has 0 aliphatic carbocycles. The Hall–Kier alpha value is -3.58. The van der Waals surface area contributed by atoms with Crippen LogP contribution in [0.5, 0.6) is 0 Å². The van der Waals surface area contributed by atoms with Gasteiger partial charge < -0.3 is 4.90 Å². The minimum Gasteiger partial charge on any atom is -0.369 e. The van der Waals surface area contributed by atoms with E-state index < -0.39 is 0 Å². The average Bonchev–Trinajstić information content (AvgIpc) is 3.30. The maximum atomic E-state index is 13.3. The number of anilines is 1. The minimum atomic E-state index is -0.246. The summed E-state index contributed by atoms with van der Waals surface area (Å²) in [5, 5.41) is 12.7. The van der Waals surface area contributed by atoms with Gasteiger partial charge >= 0.3 is 0 Å². The summed E-state index contributed by atoms with van der Waals surface area (Å²) in [4.78, 5) is 4.86. The SMILES string of the molecule is Fc1ccc(Cn2nnnc2[C@H](c2ccccc2)N2CCN(c3ccccc3)CC2)cc1. The normalized spacial score (nSPS) is 15.6. The number of para-hydroxylation sites is 1. The topological polar surface area (TPSA) is 50.1 Å². The van der Waals surface area contributed by atoms with E-state index >= 15 is 0 Å². The van der Waals surface area contributed by atoms with Gasteiger partial charge in [0.2, 0.25) is 0 Å². The van der Waals surface area contributed by atoms with Crippen molar-refractivity contribution in [3.05, 3.63) is 108 Å². The van der Waals surface area contributed by atoms with Gasteiger partial charge in [-0.2, -0.15) is 0 Å². The Balaban J connectivity index is 1.41. The first-order valence-electron chi connectivity index (χ1n) is 10.9. The lowest BCUT2D eigenvalue weighted by molar-refractivity contribution is 0.201. The van der Waals surface area contributed by atoms with Gasteiger partial charge in [-0.3, -0.25) is 4.90 Å². The molecule has 1 saturated heterocycles. The van der Waals surface area contributed by atoms with Gasteiger partial charge in [0, 0.05) is 31.9 Å². The van der Waals surface area contributed by atoms with Gasteiger partial charge in [-0.25, -0.2) is 9.07 Å². The highest BCUT2D eigenvalue weighted by Crippen LogP contribution is 2.29. The molecule has 0 radical (unpaired) electrons. The molecule has 4 aromatic rings. The fraction of sp³-hybridized carbons (Fsp3) is 0.240. The first kappa shape index (κ1) is 20.3. The Labute approximate surface area is 186 Å². The third-order valence-corrected chi connectivity index (χ3v) is 5.97. The zero-order valence-electron chi connectivity index (χ0n) is 17.8. The van der Waals surface area contributed by atoms with Crippen LogP contribution in [0.1, 0.15) is 23.0 Å². The van der Waals surface area contributed by atoms with Crippen molar-refractivity contribution in [2.75, 3.05) is 31.1 Å². The molecular weight excluding hydrogens is 403 g/mol. The monoisotopic (exact) mass is 428 g/mol. The molecule has 0 N–H and O–H groups in total. The maximum absolute atomic E-state index is 13.3. The Morgan fingerprint density at radius 1 is 0.781 bits per heavy atom. The number of piperazine rings is 1. The summed E-state index contributed by atoms with van der Waals surface area (Å²) in [6, 6.07) is 27.4. The van der Waals surface area contributed by atoms with E-state index in [2.05, 4.69) is 73.9 Å². The molecule has 32 heavy (non-hydrogen) atoms. The fourth-order valence-electron chi connectivity index (χ4n) is 4.32. The van der Waals surface area contributed by atoms with Crippen LogP contribution >= 0.6 is 0 Å². The molecule has 162 valence electrons. The zero-order valence-corrected chi connectivity index (χ0v) is 17.8. The molecule has 3 aromatic carbocycles. The predicted molar refractivity (Wildman–Crippen MR) is 122 cm³/mol. The first-order chi connectivity index (χ1) is 15.8. The molecule has 1 atom stereocenters. The number of aromatic nitrogens is 4. The second-order valence-electron chi connectivity index (χ2n) is 7.99. The number of hydrogen-bond donors (Lipinski definition) is 0. The third-order valence-electron chi connectivity index (χ3n) is 5.97. The van der Waals surface area contributed by atoms with Gasteiger partial charge in [0.1, 0.15) is 5.82 Å². The molecule has 0 spiro atoms. The van der Waals surface area contributed by atoms with Crippen LogP contribution in [0.3, 0.4) is 0 Å². The summed E-state index contributed by atoms with van der Waals surface area (Å²) in [6.07, 6.45) is 0. The number of hydrogen-bond acceptors (Lipinski definition) is 5. The van der Waals surface area contributed by atoms with Crippen molar-refractivity contribution < 1.29 is 4.39 Å². The second-order valence-corrected chi connectivity index (χ2v) is 7.99. The van der Waals surface area contributed by atoms with Crippen LogP contribution in [0, 0.1) is 5.82 Å². The minimum absolute atomic E-state index is 0.0513. The quantitative estimate of drug-likeness (QED) is 0.468. The van der Waals surface area contributed by atoms with Crippen LogP contribution < -0.4 is 4.90 Å². The molecule has 1 aromatic heterocycles. The van der Waals surface area contributed by atoms with Gasteiger partial charge in [0.25, 0.3) is 0 Å². The van der Waals surface area contributed by atoms with Crippen molar-refractivity contribution in [2.24, 2.45) is 0 Å². The van der Waals surface area contributed by atoms with Crippen molar-refractivity contribution in [1.82, 2.24) is 25.1 Å². The lowest BCUT2D eigenvalue weighted by Crippen LogP contribution is -2.48. The van der Waals surface area contributed by atoms with Gasteiger partial charge in [0.15, 0.2) is 5.82 Å². The lowest BCUT2D eigenvalue weighted by Gasteiger charge is -2.39. The number of halogens is 1. The lowest BCUT2D eigenvalue weighted by atomic mass is 10.0. The van der Waals surface area contributed by atoms with Crippen LogP contribution in [0.25, 0.3) is 0 Å². The van der Waals surface area contributed by atoms with Crippen molar-refractivity contribution in [3.63, 3.8) is 0 Å². The summed E-state index contributed by atoms with van der Waals surface area (Å²) in [5.41, 5.74) is 3.38. The van der Waals surface area contributed by atoms with Gasteiger partial charge in [0.05, 0.1) is 12.6 Å². The van der Waals surface area contributed by atoms with Crippen molar-refractivity contribution in [2.45, 2.75) is 12.6 Å². The number of nitrogens with zero attached hydrogens (tertiary/aromatic N) is 6. The Morgan fingerprint density at radius 2 is 1.44 bits per heavy atom. The van der Waals surface area contributed by atoms with Gasteiger partial charge in [-0.15, -0.1) is 5.10 Å². The molecule has 7 heteroatoms. The van der Waals surface area contributed by atoms with Gasteiger partial charge in [-0.1, -0.05) is 60.7 Å². The highest BCUT2D eigenvalue weighted by atomic mass is 19.1. The van der Waals surface area contributed by atoms with E-state index in [9.17, 15) is 4.39 Å². The third kappa shape index (κ3) is 4.38. The van der Waals surface area contributed by atoms with Crippen molar-refractivity contribution in [1.29, 1.82) is 0 Å². The number of rotatable bonds is 6. The molecule has 2 heterocycles. The van der Waals surface area contributed by atoms with E-state index in [1.54, 1.807) is 12.1 Å². The molecule has 1 aliphatic rings. The highest BCUT2D eigenvalue weighted by Gasteiger charge is 2.30. The molecule has 1 aliphatic heterocycles. The smallest absolute Gasteiger partial charge is 0.173 e. The highest BCUT2D eigenvalue weighted by molar-refractivity contribution is 5.46. The summed E-state index contributed by atoms with van der Waals surface area (Å²) in [6.45, 7) is 4.17. The predicted octanol–water partition coefficient (Wildman–Crippen LogP) is 3.77. The summed E-state index contributed by atoms with van der Waals surface area (Å²) >= 11 is 0. The van der Waals surface area contributed by atoms with E-state index in [4.69, 9.17) is 0 Å². The van der Waals surface area contributed by atoms with Crippen LogP contribution in [0.4, 0.5) is 10.1 Å². The zero-order chi connectivity index (χ0) is 21.8. The molecule has 0 bridgehead atoms. The molecule has 0 unspecified atom stereocenters. The van der Waals surface area contributed by atoms with Crippen LogP contribution in [0.15, 0.2) is 84.9 Å². The number of benzene rings is 3. The Morgan fingerprint density at radius 3 is 2.12 bits per heavy atom. The average molecular weight is 429 g/mol. The Bertz CT molecular complexity index is 1120. The summed E-state index contributed by atoms with van der Waals surface area (Å²) in [7, 11) is 0. The Kier molecular flexibility index (Phi) is 5.89. The first-order valence-corrected chi connectivity index (χ1v) is 10.9. The van der Waals surface area contributed by atoms with Crippen LogP contribution in [-0.2, 0) is 6.54 Å². The van der Waals surface area contributed by atoms with Crippen molar-refractivity contribution in [3.8, 4) is 0 Å². The largest absolute Gasteiger partial charge is 0.369 e. The molecular formula is C25H25FN6. The van der Waals surface area contributed by atoms with Crippen molar-refractivity contribution >= 4 is 5.69 Å². The van der Waals surface area contributed by atoms with Crippen LogP contribution in [0.2, 0.25) is 0 Å². The van der Waals surface area contributed by atoms with Crippen LogP contribution in [-0.4, -0.2) is 51.3 Å². The second kappa shape index (κ2) is 9.28. The van der Waals surface area contributed by atoms with E-state index in [0.29, 0.717) is 6.54 Å². The summed E-state index contributed by atoms with van der Waals surface area (Å²) in [5.74, 6) is 0.554. The number of tetrazole rings is 1.